The van der Waals surface area contributed by atoms with E-state index in [4.69, 9.17) is 5.73 Å². The van der Waals surface area contributed by atoms with Crippen LogP contribution in [0.2, 0.25) is 0 Å². The molecule has 3 N–H and O–H groups in total. The maximum Gasteiger partial charge on any atom is 0.00508 e. The van der Waals surface area contributed by atoms with E-state index in [1.165, 1.54) is 32.2 Å². The van der Waals surface area contributed by atoms with Gasteiger partial charge in [-0.05, 0) is 37.6 Å². The lowest BCUT2D eigenvalue weighted by molar-refractivity contribution is 0.468. The zero-order chi connectivity index (χ0) is 9.73. The van der Waals surface area contributed by atoms with E-state index in [0.717, 1.165) is 13.0 Å². The molecule has 2 heteroatoms. The average Bonchev–Trinajstić information content (AvgIpc) is 2.79. The maximum atomic E-state index is 5.91. The molecule has 1 atom stereocenters. The predicted octanol–water partition coefficient (Wildman–Crippen LogP) is 1.89. The molecule has 0 spiro atoms. The molecular formula is C11H24N2. The second-order valence-electron chi connectivity index (χ2n) is 4.82. The van der Waals surface area contributed by atoms with Gasteiger partial charge in [0.15, 0.2) is 0 Å². The molecule has 1 rings (SSSR count). The van der Waals surface area contributed by atoms with Crippen LogP contribution in [0.4, 0.5) is 0 Å². The first-order chi connectivity index (χ1) is 6.16. The van der Waals surface area contributed by atoms with E-state index in [1.807, 2.05) is 0 Å². The lowest BCUT2D eigenvalue weighted by Gasteiger charge is -2.13. The monoisotopic (exact) mass is 184 g/mol. The summed E-state index contributed by atoms with van der Waals surface area (Å²) in [6.45, 7) is 6.83. The zero-order valence-electron chi connectivity index (χ0n) is 9.10. The number of nitrogens with one attached hydrogen (secondary N) is 1. The highest BCUT2D eigenvalue weighted by Crippen LogP contribution is 2.43. The van der Waals surface area contributed by atoms with E-state index in [9.17, 15) is 0 Å². The minimum Gasteiger partial charge on any atom is -0.328 e. The fourth-order valence-corrected chi connectivity index (χ4v) is 1.58. The van der Waals surface area contributed by atoms with Crippen molar-refractivity contribution in [1.29, 1.82) is 0 Å². The van der Waals surface area contributed by atoms with Crippen molar-refractivity contribution in [2.45, 2.75) is 52.0 Å². The first-order valence-electron chi connectivity index (χ1n) is 5.62. The SMILES string of the molecule is CCCC(N)CCNCC1(C)CC1. The van der Waals surface area contributed by atoms with Gasteiger partial charge in [-0.25, -0.2) is 0 Å². The molecule has 0 bridgehead atoms. The predicted molar refractivity (Wildman–Crippen MR) is 57.7 cm³/mol. The number of hydrogen-bond acceptors (Lipinski definition) is 2. The Hall–Kier alpha value is -0.0800. The summed E-state index contributed by atoms with van der Waals surface area (Å²) >= 11 is 0. The van der Waals surface area contributed by atoms with E-state index in [0.29, 0.717) is 11.5 Å². The van der Waals surface area contributed by atoms with Crippen molar-refractivity contribution in [3.63, 3.8) is 0 Å². The molecule has 0 aromatic heterocycles. The molecule has 0 radical (unpaired) electrons. The Kier molecular flexibility index (Phi) is 4.20. The van der Waals surface area contributed by atoms with E-state index >= 15 is 0 Å². The van der Waals surface area contributed by atoms with Gasteiger partial charge in [-0.3, -0.25) is 0 Å². The number of hydrogen-bond donors (Lipinski definition) is 2. The highest BCUT2D eigenvalue weighted by atomic mass is 14.9. The summed E-state index contributed by atoms with van der Waals surface area (Å²) in [5.41, 5.74) is 6.54. The van der Waals surface area contributed by atoms with Crippen molar-refractivity contribution in [1.82, 2.24) is 5.32 Å². The smallest absolute Gasteiger partial charge is 0.00508 e. The average molecular weight is 184 g/mol. The Morgan fingerprint density at radius 3 is 2.62 bits per heavy atom. The molecule has 1 unspecified atom stereocenters. The largest absolute Gasteiger partial charge is 0.328 e. The summed E-state index contributed by atoms with van der Waals surface area (Å²) in [5, 5.41) is 3.50. The Morgan fingerprint density at radius 1 is 1.38 bits per heavy atom. The van der Waals surface area contributed by atoms with Crippen molar-refractivity contribution in [2.75, 3.05) is 13.1 Å². The van der Waals surface area contributed by atoms with Gasteiger partial charge in [-0.1, -0.05) is 20.3 Å². The third-order valence-corrected chi connectivity index (χ3v) is 3.01. The topological polar surface area (TPSA) is 38.0 Å². The summed E-state index contributed by atoms with van der Waals surface area (Å²) in [7, 11) is 0. The molecular weight excluding hydrogens is 160 g/mol. The lowest BCUT2D eigenvalue weighted by Crippen LogP contribution is -2.29. The molecule has 0 aromatic carbocycles. The fourth-order valence-electron chi connectivity index (χ4n) is 1.58. The van der Waals surface area contributed by atoms with Crippen LogP contribution in [0, 0.1) is 5.41 Å². The Labute approximate surface area is 82.3 Å². The van der Waals surface area contributed by atoms with Crippen LogP contribution < -0.4 is 11.1 Å². The Morgan fingerprint density at radius 2 is 2.08 bits per heavy atom. The van der Waals surface area contributed by atoms with Crippen molar-refractivity contribution < 1.29 is 0 Å². The summed E-state index contributed by atoms with van der Waals surface area (Å²) in [6.07, 6.45) is 6.31. The third-order valence-electron chi connectivity index (χ3n) is 3.01. The van der Waals surface area contributed by atoms with E-state index < -0.39 is 0 Å². The fraction of sp³-hybridized carbons (Fsp3) is 1.00. The van der Waals surface area contributed by atoms with Crippen LogP contribution >= 0.6 is 0 Å². The van der Waals surface area contributed by atoms with E-state index in [1.54, 1.807) is 0 Å². The molecule has 13 heavy (non-hydrogen) atoms. The molecule has 1 saturated carbocycles. The molecule has 0 saturated heterocycles. The maximum absolute atomic E-state index is 5.91. The van der Waals surface area contributed by atoms with Crippen LogP contribution in [0.5, 0.6) is 0 Å². The summed E-state index contributed by atoms with van der Waals surface area (Å²) < 4.78 is 0. The van der Waals surface area contributed by atoms with Gasteiger partial charge >= 0.3 is 0 Å². The van der Waals surface area contributed by atoms with Gasteiger partial charge < -0.3 is 11.1 Å². The van der Waals surface area contributed by atoms with E-state index in [-0.39, 0.29) is 0 Å². The first kappa shape index (κ1) is 11.0. The van der Waals surface area contributed by atoms with Gasteiger partial charge in [0, 0.05) is 12.6 Å². The van der Waals surface area contributed by atoms with Crippen LogP contribution in [0.1, 0.15) is 46.0 Å². The molecule has 1 fully saturated rings. The molecule has 2 nitrogen and oxygen atoms in total. The molecule has 0 aliphatic heterocycles. The Balaban J connectivity index is 1.88. The molecule has 1 aliphatic carbocycles. The Bertz CT molecular complexity index is 141. The number of nitrogens with two attached hydrogens (primary N) is 1. The summed E-state index contributed by atoms with van der Waals surface area (Å²) in [4.78, 5) is 0. The normalized spacial score (nSPS) is 21.5. The van der Waals surface area contributed by atoms with Crippen LogP contribution in [0.25, 0.3) is 0 Å². The van der Waals surface area contributed by atoms with Crippen LogP contribution in [0.3, 0.4) is 0 Å². The molecule has 0 amide bonds. The molecule has 1 aliphatic rings. The lowest BCUT2D eigenvalue weighted by atomic mass is 10.1. The van der Waals surface area contributed by atoms with Crippen molar-refractivity contribution in [3.05, 3.63) is 0 Å². The van der Waals surface area contributed by atoms with Gasteiger partial charge in [0.25, 0.3) is 0 Å². The van der Waals surface area contributed by atoms with Crippen molar-refractivity contribution in [2.24, 2.45) is 11.1 Å². The standard InChI is InChI=1S/C11H24N2/c1-3-4-10(12)5-8-13-9-11(2)6-7-11/h10,13H,3-9,12H2,1-2H3. The van der Waals surface area contributed by atoms with Gasteiger partial charge in [0.1, 0.15) is 0 Å². The van der Waals surface area contributed by atoms with Crippen LogP contribution in [0.15, 0.2) is 0 Å². The van der Waals surface area contributed by atoms with Gasteiger partial charge in [0.05, 0.1) is 0 Å². The van der Waals surface area contributed by atoms with Crippen LogP contribution in [-0.4, -0.2) is 19.1 Å². The quantitative estimate of drug-likeness (QED) is 0.593. The van der Waals surface area contributed by atoms with Gasteiger partial charge in [0.2, 0.25) is 0 Å². The summed E-state index contributed by atoms with van der Waals surface area (Å²) in [5.74, 6) is 0. The first-order valence-corrected chi connectivity index (χ1v) is 5.62. The minimum absolute atomic E-state index is 0.407. The summed E-state index contributed by atoms with van der Waals surface area (Å²) in [6, 6.07) is 0.407. The molecule has 0 heterocycles. The van der Waals surface area contributed by atoms with Gasteiger partial charge in [-0.15, -0.1) is 0 Å². The number of rotatable bonds is 7. The molecule has 0 aromatic rings. The third kappa shape index (κ3) is 4.63. The van der Waals surface area contributed by atoms with Crippen molar-refractivity contribution >= 4 is 0 Å². The van der Waals surface area contributed by atoms with Crippen LogP contribution in [-0.2, 0) is 0 Å². The van der Waals surface area contributed by atoms with E-state index in [2.05, 4.69) is 19.2 Å². The minimum atomic E-state index is 0.407. The second-order valence-corrected chi connectivity index (χ2v) is 4.82. The second kappa shape index (κ2) is 4.97. The van der Waals surface area contributed by atoms with Gasteiger partial charge in [-0.2, -0.15) is 0 Å². The zero-order valence-corrected chi connectivity index (χ0v) is 9.10. The highest BCUT2D eigenvalue weighted by Gasteiger charge is 2.36. The van der Waals surface area contributed by atoms with Crippen molar-refractivity contribution in [3.8, 4) is 0 Å². The highest BCUT2D eigenvalue weighted by molar-refractivity contribution is 4.90. The molecule has 78 valence electrons.